The number of aryl methyl sites for hydroxylation is 1. The summed E-state index contributed by atoms with van der Waals surface area (Å²) < 4.78 is 7.35. The van der Waals surface area contributed by atoms with Gasteiger partial charge in [0, 0.05) is 17.4 Å². The molecular formula is C18H17ClN4O2. The second kappa shape index (κ2) is 7.36. The first-order valence-electron chi connectivity index (χ1n) is 7.72. The van der Waals surface area contributed by atoms with Crippen LogP contribution in [0.1, 0.15) is 12.5 Å². The van der Waals surface area contributed by atoms with Gasteiger partial charge in [-0.3, -0.25) is 4.79 Å². The summed E-state index contributed by atoms with van der Waals surface area (Å²) in [6, 6.07) is 10.6. The second-order valence-corrected chi connectivity index (χ2v) is 5.95. The lowest BCUT2D eigenvalue weighted by Crippen LogP contribution is -2.30. The van der Waals surface area contributed by atoms with Gasteiger partial charge in [-0.05, 0) is 55.8 Å². The monoisotopic (exact) mass is 356 g/mol. The molecule has 0 saturated carbocycles. The normalized spacial score (nSPS) is 11.8. The lowest BCUT2D eigenvalue weighted by molar-refractivity contribution is -0.122. The highest BCUT2D eigenvalue weighted by Crippen LogP contribution is 2.23. The predicted molar refractivity (Wildman–Crippen MR) is 96.3 cm³/mol. The molecular weight excluding hydrogens is 340 g/mol. The topological polar surface area (TPSA) is 69.0 Å². The second-order valence-electron chi connectivity index (χ2n) is 5.51. The number of carbonyl (C=O) groups is 1. The van der Waals surface area contributed by atoms with Crippen LogP contribution in [0.4, 0.5) is 5.69 Å². The van der Waals surface area contributed by atoms with Crippen molar-refractivity contribution >= 4 is 23.2 Å². The number of amides is 1. The maximum absolute atomic E-state index is 12.3. The Morgan fingerprint density at radius 2 is 2.16 bits per heavy atom. The number of rotatable bonds is 5. The molecule has 1 amide bonds. The van der Waals surface area contributed by atoms with Crippen molar-refractivity contribution < 1.29 is 9.53 Å². The summed E-state index contributed by atoms with van der Waals surface area (Å²) in [7, 11) is 0. The summed E-state index contributed by atoms with van der Waals surface area (Å²) >= 11 is 5.93. The Balaban J connectivity index is 1.63. The molecule has 1 N–H and O–H groups in total. The number of aromatic nitrogens is 3. The van der Waals surface area contributed by atoms with Crippen LogP contribution >= 0.6 is 11.6 Å². The van der Waals surface area contributed by atoms with E-state index in [1.807, 2.05) is 13.0 Å². The Hall–Kier alpha value is -2.86. The Morgan fingerprint density at radius 3 is 2.80 bits per heavy atom. The van der Waals surface area contributed by atoms with Gasteiger partial charge in [-0.2, -0.15) is 5.10 Å². The van der Waals surface area contributed by atoms with Crippen molar-refractivity contribution in [3.8, 4) is 11.6 Å². The fourth-order valence-electron chi connectivity index (χ4n) is 2.23. The first-order chi connectivity index (χ1) is 12.0. The third kappa shape index (κ3) is 4.16. The fraction of sp³-hybridized carbons (Fsp3) is 0.167. The van der Waals surface area contributed by atoms with Gasteiger partial charge in [0.15, 0.2) is 11.9 Å². The minimum absolute atomic E-state index is 0.261. The van der Waals surface area contributed by atoms with Crippen LogP contribution in [-0.4, -0.2) is 26.8 Å². The van der Waals surface area contributed by atoms with Crippen molar-refractivity contribution in [1.29, 1.82) is 0 Å². The molecule has 2 aromatic heterocycles. The number of hydrogen-bond donors (Lipinski definition) is 1. The number of nitrogens with one attached hydrogen (secondary N) is 1. The summed E-state index contributed by atoms with van der Waals surface area (Å²) in [5, 5.41) is 7.52. The van der Waals surface area contributed by atoms with E-state index in [4.69, 9.17) is 16.3 Å². The number of nitrogens with zero attached hydrogens (tertiary/aromatic N) is 3. The molecule has 0 fully saturated rings. The van der Waals surface area contributed by atoms with Crippen LogP contribution in [-0.2, 0) is 4.79 Å². The number of halogens is 1. The molecule has 0 unspecified atom stereocenters. The highest BCUT2D eigenvalue weighted by atomic mass is 35.5. The van der Waals surface area contributed by atoms with E-state index >= 15 is 0 Å². The van der Waals surface area contributed by atoms with Gasteiger partial charge in [0.05, 0.1) is 11.9 Å². The largest absolute Gasteiger partial charge is 0.481 e. The number of carbonyl (C=O) groups excluding carboxylic acids is 1. The van der Waals surface area contributed by atoms with Crippen LogP contribution in [0.15, 0.2) is 55.0 Å². The molecule has 1 atom stereocenters. The lowest BCUT2D eigenvalue weighted by Gasteiger charge is -2.16. The van der Waals surface area contributed by atoms with Gasteiger partial charge in [0.1, 0.15) is 5.75 Å². The van der Waals surface area contributed by atoms with Crippen LogP contribution in [0.5, 0.6) is 5.75 Å². The summed E-state index contributed by atoms with van der Waals surface area (Å²) in [5.74, 6) is 1.03. The summed E-state index contributed by atoms with van der Waals surface area (Å²) in [6.07, 6.45) is 4.39. The summed E-state index contributed by atoms with van der Waals surface area (Å²) in [6.45, 7) is 3.57. The molecule has 1 aromatic carbocycles. The van der Waals surface area contributed by atoms with Crippen molar-refractivity contribution in [3.63, 3.8) is 0 Å². The van der Waals surface area contributed by atoms with Crippen molar-refractivity contribution in [3.05, 3.63) is 65.6 Å². The first-order valence-corrected chi connectivity index (χ1v) is 8.10. The van der Waals surface area contributed by atoms with E-state index in [2.05, 4.69) is 15.4 Å². The van der Waals surface area contributed by atoms with Gasteiger partial charge in [-0.15, -0.1) is 0 Å². The Morgan fingerprint density at radius 1 is 1.32 bits per heavy atom. The maximum Gasteiger partial charge on any atom is 0.265 e. The zero-order valence-corrected chi connectivity index (χ0v) is 14.6. The number of hydrogen-bond acceptors (Lipinski definition) is 4. The number of anilines is 1. The molecule has 128 valence electrons. The number of pyridine rings is 1. The Kier molecular flexibility index (Phi) is 5.00. The van der Waals surface area contributed by atoms with E-state index in [-0.39, 0.29) is 5.91 Å². The Bertz CT molecular complexity index is 863. The van der Waals surface area contributed by atoms with Gasteiger partial charge < -0.3 is 10.1 Å². The van der Waals surface area contributed by atoms with Crippen molar-refractivity contribution in [2.75, 3.05) is 5.32 Å². The van der Waals surface area contributed by atoms with Crippen molar-refractivity contribution in [2.45, 2.75) is 20.0 Å². The van der Waals surface area contributed by atoms with Gasteiger partial charge in [0.2, 0.25) is 0 Å². The highest BCUT2D eigenvalue weighted by molar-refractivity contribution is 6.30. The SMILES string of the molecule is Cc1cc(Cl)ccc1O[C@@H](C)C(=O)Nc1ccc(-n2cccn2)nc1. The number of ether oxygens (including phenoxy) is 1. The standard InChI is InChI=1S/C18H17ClN4O2/c1-12-10-14(19)4-6-16(12)25-13(2)18(24)22-15-5-7-17(20-11-15)23-9-3-8-21-23/h3-11,13H,1-2H3,(H,22,24)/t13-/m0/s1. The predicted octanol–water partition coefficient (Wildman–Crippen LogP) is 3.64. The van der Waals surface area contributed by atoms with E-state index in [1.54, 1.807) is 60.5 Å². The van der Waals surface area contributed by atoms with E-state index in [0.29, 0.717) is 22.3 Å². The van der Waals surface area contributed by atoms with E-state index in [0.717, 1.165) is 5.56 Å². The summed E-state index contributed by atoms with van der Waals surface area (Å²) in [4.78, 5) is 16.6. The highest BCUT2D eigenvalue weighted by Gasteiger charge is 2.16. The average Bonchev–Trinajstić information content (AvgIpc) is 3.12. The minimum Gasteiger partial charge on any atom is -0.481 e. The lowest BCUT2D eigenvalue weighted by atomic mass is 10.2. The fourth-order valence-corrected chi connectivity index (χ4v) is 2.46. The quantitative estimate of drug-likeness (QED) is 0.757. The van der Waals surface area contributed by atoms with E-state index < -0.39 is 6.10 Å². The van der Waals surface area contributed by atoms with E-state index in [9.17, 15) is 4.79 Å². The zero-order valence-electron chi connectivity index (χ0n) is 13.8. The molecule has 25 heavy (non-hydrogen) atoms. The molecule has 0 aliphatic heterocycles. The third-order valence-electron chi connectivity index (χ3n) is 3.56. The smallest absolute Gasteiger partial charge is 0.265 e. The minimum atomic E-state index is -0.661. The molecule has 0 bridgehead atoms. The Labute approximate surface area is 150 Å². The van der Waals surface area contributed by atoms with Crippen LogP contribution in [0.25, 0.3) is 5.82 Å². The number of benzene rings is 1. The van der Waals surface area contributed by atoms with Crippen LogP contribution < -0.4 is 10.1 Å². The molecule has 0 radical (unpaired) electrons. The molecule has 3 aromatic rings. The zero-order chi connectivity index (χ0) is 17.8. The molecule has 7 heteroatoms. The van der Waals surface area contributed by atoms with Crippen LogP contribution in [0, 0.1) is 6.92 Å². The van der Waals surface area contributed by atoms with Gasteiger partial charge in [-0.1, -0.05) is 11.6 Å². The van der Waals surface area contributed by atoms with Gasteiger partial charge in [0.25, 0.3) is 5.91 Å². The average molecular weight is 357 g/mol. The molecule has 0 aliphatic rings. The first kappa shape index (κ1) is 17.0. The maximum atomic E-state index is 12.3. The summed E-state index contributed by atoms with van der Waals surface area (Å²) in [5.41, 5.74) is 1.46. The van der Waals surface area contributed by atoms with E-state index in [1.165, 1.54) is 0 Å². The van der Waals surface area contributed by atoms with Crippen molar-refractivity contribution in [2.24, 2.45) is 0 Å². The van der Waals surface area contributed by atoms with Gasteiger partial charge in [-0.25, -0.2) is 9.67 Å². The molecule has 2 heterocycles. The molecule has 0 aliphatic carbocycles. The third-order valence-corrected chi connectivity index (χ3v) is 3.80. The molecule has 0 spiro atoms. The van der Waals surface area contributed by atoms with Gasteiger partial charge >= 0.3 is 0 Å². The molecule has 3 rings (SSSR count). The van der Waals surface area contributed by atoms with Crippen molar-refractivity contribution in [1.82, 2.24) is 14.8 Å². The van der Waals surface area contributed by atoms with Crippen LogP contribution in [0.2, 0.25) is 5.02 Å². The molecule has 6 nitrogen and oxygen atoms in total. The van der Waals surface area contributed by atoms with Crippen LogP contribution in [0.3, 0.4) is 0 Å². The molecule has 0 saturated heterocycles.